The highest BCUT2D eigenvalue weighted by Crippen LogP contribution is 2.35. The van der Waals surface area contributed by atoms with Crippen molar-refractivity contribution in [3.05, 3.63) is 62.1 Å². The van der Waals surface area contributed by atoms with Gasteiger partial charge in [0, 0.05) is 22.0 Å². The van der Waals surface area contributed by atoms with E-state index in [0.29, 0.717) is 21.4 Å². The third kappa shape index (κ3) is 4.14. The number of aromatic nitrogens is 2. The molecule has 2 N–H and O–H groups in total. The van der Waals surface area contributed by atoms with Crippen LogP contribution in [0, 0.1) is 10.1 Å². The first kappa shape index (κ1) is 19.8. The summed E-state index contributed by atoms with van der Waals surface area (Å²) in [6.07, 6.45) is -4.73. The number of aromatic hydroxyl groups is 1. The van der Waals surface area contributed by atoms with Crippen LogP contribution in [0.3, 0.4) is 0 Å². The van der Waals surface area contributed by atoms with Gasteiger partial charge in [0.2, 0.25) is 0 Å². The Morgan fingerprint density at radius 2 is 1.93 bits per heavy atom. The van der Waals surface area contributed by atoms with Gasteiger partial charge in [-0.3, -0.25) is 10.1 Å². The maximum absolute atomic E-state index is 13.1. The van der Waals surface area contributed by atoms with Crippen LogP contribution >= 0.6 is 15.9 Å². The van der Waals surface area contributed by atoms with Crippen LogP contribution in [0.1, 0.15) is 24.1 Å². The van der Waals surface area contributed by atoms with Crippen molar-refractivity contribution in [2.45, 2.75) is 19.1 Å². The van der Waals surface area contributed by atoms with Gasteiger partial charge in [-0.25, -0.2) is 0 Å². The maximum atomic E-state index is 13.1. The molecule has 1 aromatic heterocycles. The molecule has 0 fully saturated rings. The van der Waals surface area contributed by atoms with Gasteiger partial charge in [0.25, 0.3) is 5.69 Å². The van der Waals surface area contributed by atoms with Crippen LogP contribution in [0.25, 0.3) is 10.9 Å². The van der Waals surface area contributed by atoms with Crippen molar-refractivity contribution < 1.29 is 23.2 Å². The van der Waals surface area contributed by atoms with E-state index >= 15 is 0 Å². The molecule has 146 valence electrons. The number of nitro groups is 1. The SMILES string of the molecule is CC(Nc1nc(O)nc2ccc(Br)cc12)c1cc([N+](=O)[O-])cc(C(F)(F)F)c1. The number of nitrogens with one attached hydrogen (secondary N) is 1. The first-order valence-corrected chi connectivity index (χ1v) is 8.63. The van der Waals surface area contributed by atoms with Gasteiger partial charge in [-0.2, -0.15) is 23.1 Å². The summed E-state index contributed by atoms with van der Waals surface area (Å²) < 4.78 is 40.0. The van der Waals surface area contributed by atoms with Crippen molar-refractivity contribution in [1.82, 2.24) is 9.97 Å². The molecule has 0 aliphatic rings. The zero-order valence-electron chi connectivity index (χ0n) is 14.2. The van der Waals surface area contributed by atoms with Crippen molar-refractivity contribution in [1.29, 1.82) is 0 Å². The minimum Gasteiger partial charge on any atom is -0.479 e. The van der Waals surface area contributed by atoms with E-state index in [1.165, 1.54) is 6.92 Å². The van der Waals surface area contributed by atoms with E-state index in [1.54, 1.807) is 18.2 Å². The summed E-state index contributed by atoms with van der Waals surface area (Å²) in [5.74, 6) is 0.177. The van der Waals surface area contributed by atoms with Crippen LogP contribution in [0.2, 0.25) is 0 Å². The lowest BCUT2D eigenvalue weighted by Crippen LogP contribution is -2.12. The molecular formula is C17H12BrF3N4O3. The number of anilines is 1. The molecule has 0 radical (unpaired) electrons. The topological polar surface area (TPSA) is 101 Å². The minimum atomic E-state index is -4.73. The zero-order chi connectivity index (χ0) is 20.6. The molecule has 28 heavy (non-hydrogen) atoms. The largest absolute Gasteiger partial charge is 0.479 e. The maximum Gasteiger partial charge on any atom is 0.416 e. The molecule has 2 aromatic carbocycles. The average Bonchev–Trinajstić information content (AvgIpc) is 2.61. The molecule has 1 unspecified atom stereocenters. The summed E-state index contributed by atoms with van der Waals surface area (Å²) in [4.78, 5) is 17.9. The summed E-state index contributed by atoms with van der Waals surface area (Å²) >= 11 is 3.31. The fourth-order valence-corrected chi connectivity index (χ4v) is 3.00. The second kappa shape index (κ2) is 7.23. The van der Waals surface area contributed by atoms with E-state index in [9.17, 15) is 28.4 Å². The normalized spacial score (nSPS) is 12.8. The molecule has 0 saturated carbocycles. The minimum absolute atomic E-state index is 0.0442. The number of halogens is 4. The van der Waals surface area contributed by atoms with Crippen LogP contribution in [0.5, 0.6) is 6.01 Å². The molecule has 0 aliphatic heterocycles. The number of benzene rings is 2. The van der Waals surface area contributed by atoms with Gasteiger partial charge in [0.15, 0.2) is 0 Å². The monoisotopic (exact) mass is 456 g/mol. The smallest absolute Gasteiger partial charge is 0.416 e. The highest BCUT2D eigenvalue weighted by Gasteiger charge is 2.33. The molecule has 7 nitrogen and oxygen atoms in total. The highest BCUT2D eigenvalue weighted by molar-refractivity contribution is 9.10. The standard InChI is InChI=1S/C17H12BrF3N4O3/c1-8(9-4-10(17(19,20)21)6-12(5-9)25(27)28)22-15-13-7-11(18)2-3-14(13)23-16(26)24-15/h2-8H,1H3,(H2,22,23,24,26). The Labute approximate surface area is 164 Å². The van der Waals surface area contributed by atoms with Gasteiger partial charge in [-0.05, 0) is 36.8 Å². The first-order valence-electron chi connectivity index (χ1n) is 7.84. The summed E-state index contributed by atoms with van der Waals surface area (Å²) in [7, 11) is 0. The number of rotatable bonds is 4. The van der Waals surface area contributed by atoms with E-state index < -0.39 is 34.4 Å². The number of non-ortho nitro benzene ring substituents is 1. The van der Waals surface area contributed by atoms with E-state index in [4.69, 9.17) is 0 Å². The Balaban J connectivity index is 2.05. The molecule has 3 aromatic rings. The summed E-state index contributed by atoms with van der Waals surface area (Å²) in [5, 5.41) is 24.2. The summed E-state index contributed by atoms with van der Waals surface area (Å²) in [6.45, 7) is 1.53. The summed E-state index contributed by atoms with van der Waals surface area (Å²) in [5.41, 5.74) is -1.33. The van der Waals surface area contributed by atoms with Gasteiger partial charge >= 0.3 is 12.2 Å². The molecule has 3 rings (SSSR count). The Hall–Kier alpha value is -2.95. The Morgan fingerprint density at radius 1 is 1.21 bits per heavy atom. The van der Waals surface area contributed by atoms with Gasteiger partial charge in [0.05, 0.1) is 22.0 Å². The van der Waals surface area contributed by atoms with Gasteiger partial charge in [0.1, 0.15) is 5.82 Å². The third-order valence-corrected chi connectivity index (χ3v) is 4.47. The molecule has 0 saturated heterocycles. The lowest BCUT2D eigenvalue weighted by Gasteiger charge is -2.18. The predicted molar refractivity (Wildman–Crippen MR) is 99.0 cm³/mol. The van der Waals surface area contributed by atoms with Crippen molar-refractivity contribution in [2.75, 3.05) is 5.32 Å². The lowest BCUT2D eigenvalue weighted by atomic mass is 10.0. The molecule has 0 amide bonds. The second-order valence-electron chi connectivity index (χ2n) is 5.97. The molecular weight excluding hydrogens is 445 g/mol. The molecule has 1 heterocycles. The van der Waals surface area contributed by atoms with E-state index in [0.717, 1.165) is 12.1 Å². The van der Waals surface area contributed by atoms with Crippen molar-refractivity contribution in [3.63, 3.8) is 0 Å². The van der Waals surface area contributed by atoms with E-state index in [2.05, 4.69) is 31.2 Å². The van der Waals surface area contributed by atoms with Crippen LogP contribution in [0.4, 0.5) is 24.7 Å². The first-order chi connectivity index (χ1) is 13.0. The fourth-order valence-electron chi connectivity index (χ4n) is 2.64. The predicted octanol–water partition coefficient (Wildman–Crippen LogP) is 5.20. The lowest BCUT2D eigenvalue weighted by molar-refractivity contribution is -0.385. The van der Waals surface area contributed by atoms with Gasteiger partial charge < -0.3 is 10.4 Å². The molecule has 0 aliphatic carbocycles. The van der Waals surface area contributed by atoms with Crippen molar-refractivity contribution >= 4 is 38.3 Å². The fraction of sp³-hybridized carbons (Fsp3) is 0.176. The Morgan fingerprint density at radius 3 is 2.57 bits per heavy atom. The van der Waals surface area contributed by atoms with E-state index in [-0.39, 0.29) is 11.4 Å². The molecule has 0 spiro atoms. The van der Waals surface area contributed by atoms with Crippen LogP contribution < -0.4 is 5.32 Å². The number of alkyl halides is 3. The van der Waals surface area contributed by atoms with Gasteiger partial charge in [-0.15, -0.1) is 0 Å². The molecule has 0 bridgehead atoms. The number of hydrogen-bond donors (Lipinski definition) is 2. The molecule has 1 atom stereocenters. The van der Waals surface area contributed by atoms with Crippen LogP contribution in [-0.2, 0) is 6.18 Å². The summed E-state index contributed by atoms with van der Waals surface area (Å²) in [6, 6.07) is 6.11. The van der Waals surface area contributed by atoms with Gasteiger partial charge in [-0.1, -0.05) is 15.9 Å². The molecule has 11 heteroatoms. The highest BCUT2D eigenvalue weighted by atomic mass is 79.9. The number of fused-ring (bicyclic) bond motifs is 1. The number of hydrogen-bond acceptors (Lipinski definition) is 6. The quantitative estimate of drug-likeness (QED) is 0.413. The second-order valence-corrected chi connectivity index (χ2v) is 6.88. The Bertz CT molecular complexity index is 1080. The van der Waals surface area contributed by atoms with Crippen LogP contribution in [-0.4, -0.2) is 20.0 Å². The zero-order valence-corrected chi connectivity index (χ0v) is 15.7. The van der Waals surface area contributed by atoms with E-state index in [1.807, 2.05) is 0 Å². The number of nitrogens with zero attached hydrogens (tertiary/aromatic N) is 3. The number of nitro benzene ring substituents is 1. The van der Waals surface area contributed by atoms with Crippen molar-refractivity contribution in [2.24, 2.45) is 0 Å². The third-order valence-electron chi connectivity index (χ3n) is 3.98. The average molecular weight is 457 g/mol. The van der Waals surface area contributed by atoms with Crippen molar-refractivity contribution in [3.8, 4) is 6.01 Å². The van der Waals surface area contributed by atoms with Crippen LogP contribution in [0.15, 0.2) is 40.9 Å². The Kier molecular flexibility index (Phi) is 5.11.